The van der Waals surface area contributed by atoms with Crippen LogP contribution >= 0.6 is 11.9 Å². The van der Waals surface area contributed by atoms with E-state index >= 15 is 0 Å². The summed E-state index contributed by atoms with van der Waals surface area (Å²) < 4.78 is 19.4. The van der Waals surface area contributed by atoms with Crippen molar-refractivity contribution >= 4 is 29.2 Å². The molecule has 0 aliphatic heterocycles. The lowest BCUT2D eigenvalue weighted by Crippen LogP contribution is -2.28. The summed E-state index contributed by atoms with van der Waals surface area (Å²) in [4.78, 5) is 17.6. The number of amides is 1. The molecule has 196 valence electrons. The van der Waals surface area contributed by atoms with Crippen molar-refractivity contribution in [1.29, 1.82) is 0 Å². The number of ether oxygens (including phenoxy) is 3. The molecule has 0 saturated carbocycles. The Hall–Kier alpha value is -4.37. The van der Waals surface area contributed by atoms with Crippen LogP contribution < -0.4 is 29.6 Å². The lowest BCUT2D eigenvalue weighted by atomic mass is 10.1. The van der Waals surface area contributed by atoms with E-state index in [1.54, 1.807) is 51.9 Å². The zero-order chi connectivity index (χ0) is 26.7. The van der Waals surface area contributed by atoms with Crippen LogP contribution in [0.5, 0.6) is 17.2 Å². The van der Waals surface area contributed by atoms with E-state index in [1.807, 2.05) is 48.5 Å². The van der Waals surface area contributed by atoms with Crippen LogP contribution in [0.15, 0.2) is 90.1 Å². The average molecular weight is 531 g/mol. The zero-order valence-electron chi connectivity index (χ0n) is 21.5. The van der Waals surface area contributed by atoms with Gasteiger partial charge in [-0.1, -0.05) is 18.2 Å². The van der Waals surface area contributed by atoms with Crippen LogP contribution in [0.1, 0.15) is 10.4 Å². The molecule has 0 aliphatic rings. The monoisotopic (exact) mass is 530 g/mol. The molecule has 0 radical (unpaired) electrons. The smallest absolute Gasteiger partial charge is 0.251 e. The third-order valence-electron chi connectivity index (χ3n) is 5.66. The van der Waals surface area contributed by atoms with Crippen LogP contribution in [-0.2, 0) is 0 Å². The molecule has 4 rings (SSSR count). The Morgan fingerprint density at radius 2 is 1.61 bits per heavy atom. The first-order valence-corrected chi connectivity index (χ1v) is 12.8. The zero-order valence-corrected chi connectivity index (χ0v) is 22.3. The first-order valence-electron chi connectivity index (χ1n) is 12.0. The van der Waals surface area contributed by atoms with E-state index in [-0.39, 0.29) is 5.91 Å². The Labute approximate surface area is 226 Å². The predicted molar refractivity (Wildman–Crippen MR) is 153 cm³/mol. The van der Waals surface area contributed by atoms with Crippen LogP contribution in [0.2, 0.25) is 0 Å². The summed E-state index contributed by atoms with van der Waals surface area (Å²) in [7, 11) is 4.86. The summed E-state index contributed by atoms with van der Waals surface area (Å²) in [6, 6.07) is 23.0. The average Bonchev–Trinajstić information content (AvgIpc) is 2.98. The number of nitrogens with one attached hydrogen (secondary N) is 3. The number of pyridine rings is 1. The lowest BCUT2D eigenvalue weighted by molar-refractivity contribution is 0.0955. The Balaban J connectivity index is 1.33. The van der Waals surface area contributed by atoms with E-state index in [1.165, 1.54) is 11.9 Å². The summed E-state index contributed by atoms with van der Waals surface area (Å²) >= 11 is 1.46. The summed E-state index contributed by atoms with van der Waals surface area (Å²) in [5.41, 5.74) is 4.39. The second-order valence-corrected chi connectivity index (χ2v) is 9.03. The van der Waals surface area contributed by atoms with Gasteiger partial charge in [-0.25, -0.2) is 0 Å². The van der Waals surface area contributed by atoms with Crippen molar-refractivity contribution in [2.45, 2.75) is 4.90 Å². The number of aromatic nitrogens is 1. The molecule has 0 fully saturated rings. The highest BCUT2D eigenvalue weighted by Crippen LogP contribution is 2.35. The molecular weight excluding hydrogens is 500 g/mol. The number of hydrogen-bond donors (Lipinski definition) is 3. The molecule has 1 heterocycles. The second-order valence-electron chi connectivity index (χ2n) is 8.18. The normalized spacial score (nSPS) is 10.4. The molecular formula is C29H30N4O4S. The molecule has 38 heavy (non-hydrogen) atoms. The molecule has 0 spiro atoms. The number of benzene rings is 3. The SMILES string of the molecule is COc1cccc(C(=O)NCCNc2cccc(NSc3cc(-c4cncc(OC)c4)ccc3OC)c2)c1. The molecule has 1 amide bonds. The fourth-order valence-electron chi connectivity index (χ4n) is 3.68. The van der Waals surface area contributed by atoms with Gasteiger partial charge in [-0.3, -0.25) is 9.78 Å². The number of nitrogens with zero attached hydrogens (tertiary/aromatic N) is 1. The van der Waals surface area contributed by atoms with Gasteiger partial charge >= 0.3 is 0 Å². The lowest BCUT2D eigenvalue weighted by Gasteiger charge is -2.13. The fourth-order valence-corrected chi connectivity index (χ4v) is 4.47. The van der Waals surface area contributed by atoms with Gasteiger partial charge < -0.3 is 29.6 Å². The van der Waals surface area contributed by atoms with Gasteiger partial charge in [-0.05, 0) is 72.1 Å². The third kappa shape index (κ3) is 7.10. The van der Waals surface area contributed by atoms with E-state index in [2.05, 4.69) is 26.4 Å². The van der Waals surface area contributed by atoms with Crippen LogP contribution in [0.25, 0.3) is 11.1 Å². The topological polar surface area (TPSA) is 93.7 Å². The maximum Gasteiger partial charge on any atom is 0.251 e. The van der Waals surface area contributed by atoms with Crippen LogP contribution in [0, 0.1) is 0 Å². The minimum atomic E-state index is -0.140. The maximum atomic E-state index is 12.4. The Kier molecular flexibility index (Phi) is 9.31. The molecule has 3 N–H and O–H groups in total. The molecule has 9 heteroatoms. The maximum absolute atomic E-state index is 12.4. The number of hydrogen-bond acceptors (Lipinski definition) is 8. The van der Waals surface area contributed by atoms with Crippen molar-refractivity contribution in [3.8, 4) is 28.4 Å². The second kappa shape index (κ2) is 13.3. The number of anilines is 2. The molecule has 0 unspecified atom stereocenters. The first kappa shape index (κ1) is 26.7. The molecule has 8 nitrogen and oxygen atoms in total. The van der Waals surface area contributed by atoms with E-state index in [9.17, 15) is 4.79 Å². The van der Waals surface area contributed by atoms with Crippen molar-refractivity contribution < 1.29 is 19.0 Å². The predicted octanol–water partition coefficient (Wildman–Crippen LogP) is 5.74. The Bertz CT molecular complexity index is 1380. The molecule has 4 aromatic rings. The van der Waals surface area contributed by atoms with Crippen molar-refractivity contribution in [2.75, 3.05) is 44.5 Å². The van der Waals surface area contributed by atoms with Gasteiger partial charge in [0.2, 0.25) is 0 Å². The number of carbonyl (C=O) groups excluding carboxylic acids is 1. The van der Waals surface area contributed by atoms with Crippen molar-refractivity contribution in [3.05, 3.63) is 90.8 Å². The number of methoxy groups -OCH3 is 3. The van der Waals surface area contributed by atoms with E-state index in [0.29, 0.717) is 30.2 Å². The van der Waals surface area contributed by atoms with Gasteiger partial charge in [-0.2, -0.15) is 0 Å². The third-order valence-corrected chi connectivity index (χ3v) is 6.54. The van der Waals surface area contributed by atoms with E-state index in [4.69, 9.17) is 14.2 Å². The Morgan fingerprint density at radius 3 is 2.42 bits per heavy atom. The van der Waals surface area contributed by atoms with Gasteiger partial charge in [0, 0.05) is 41.8 Å². The summed E-state index contributed by atoms with van der Waals surface area (Å²) in [6.07, 6.45) is 3.49. The van der Waals surface area contributed by atoms with Gasteiger partial charge in [0.1, 0.15) is 17.2 Å². The fraction of sp³-hybridized carbons (Fsp3) is 0.172. The quantitative estimate of drug-likeness (QED) is 0.158. The minimum absolute atomic E-state index is 0.140. The highest BCUT2D eigenvalue weighted by Gasteiger charge is 2.09. The molecule has 0 atom stereocenters. The highest BCUT2D eigenvalue weighted by atomic mass is 32.2. The van der Waals surface area contributed by atoms with Gasteiger partial charge in [0.05, 0.1) is 32.4 Å². The summed E-state index contributed by atoms with van der Waals surface area (Å²) in [6.45, 7) is 1.06. The Morgan fingerprint density at radius 1 is 0.789 bits per heavy atom. The first-order chi connectivity index (χ1) is 18.6. The molecule has 0 saturated heterocycles. The number of rotatable bonds is 12. The molecule has 0 aliphatic carbocycles. The highest BCUT2D eigenvalue weighted by molar-refractivity contribution is 8.00. The minimum Gasteiger partial charge on any atom is -0.497 e. The van der Waals surface area contributed by atoms with E-state index in [0.717, 1.165) is 33.1 Å². The van der Waals surface area contributed by atoms with Gasteiger partial charge in [0.25, 0.3) is 5.91 Å². The van der Waals surface area contributed by atoms with E-state index < -0.39 is 0 Å². The van der Waals surface area contributed by atoms with Crippen molar-refractivity contribution in [1.82, 2.24) is 10.3 Å². The van der Waals surface area contributed by atoms with Gasteiger partial charge in [-0.15, -0.1) is 0 Å². The molecule has 0 bridgehead atoms. The summed E-state index contributed by atoms with van der Waals surface area (Å²) in [5.74, 6) is 1.98. The largest absolute Gasteiger partial charge is 0.497 e. The van der Waals surface area contributed by atoms with Crippen LogP contribution in [-0.4, -0.2) is 45.3 Å². The van der Waals surface area contributed by atoms with Crippen molar-refractivity contribution in [3.63, 3.8) is 0 Å². The summed E-state index contributed by atoms with van der Waals surface area (Å²) in [5, 5.41) is 6.26. The van der Waals surface area contributed by atoms with Crippen LogP contribution in [0.3, 0.4) is 0 Å². The van der Waals surface area contributed by atoms with Crippen LogP contribution in [0.4, 0.5) is 11.4 Å². The molecule has 1 aromatic heterocycles. The standard InChI is InChI=1S/C29H30N4O4S/c1-35-25-9-4-6-21(14-25)29(34)32-13-12-31-23-7-5-8-24(17-23)33-38-28-16-20(10-11-27(28)37-3)22-15-26(36-2)19-30-18-22/h4-11,14-19,31,33H,12-13H2,1-3H3,(H,32,34). The van der Waals surface area contributed by atoms with Crippen molar-refractivity contribution in [2.24, 2.45) is 0 Å². The molecule has 3 aromatic carbocycles. The number of carbonyl (C=O) groups is 1. The van der Waals surface area contributed by atoms with Gasteiger partial charge in [0.15, 0.2) is 0 Å².